The largest absolute Gasteiger partial charge is 0.495 e. The molecule has 2 nitrogen and oxygen atoms in total. The third-order valence-electron chi connectivity index (χ3n) is 3.04. The number of benzene rings is 2. The van der Waals surface area contributed by atoms with E-state index in [0.717, 1.165) is 5.56 Å². The molecule has 0 bridgehead atoms. The lowest BCUT2D eigenvalue weighted by Gasteiger charge is -2.15. The molecule has 0 fully saturated rings. The molecule has 112 valence electrons. The first-order chi connectivity index (χ1) is 9.92. The first-order valence-electron chi connectivity index (χ1n) is 6.07. The number of ether oxygens (including phenoxy) is 1. The van der Waals surface area contributed by atoms with E-state index < -0.39 is 6.10 Å². The van der Waals surface area contributed by atoms with E-state index >= 15 is 0 Å². The maximum Gasteiger partial charge on any atom is 0.138 e. The van der Waals surface area contributed by atoms with Gasteiger partial charge in [-0.2, -0.15) is 0 Å². The lowest BCUT2D eigenvalue weighted by atomic mass is 10.0. The molecule has 0 saturated carbocycles. The average Bonchev–Trinajstić information content (AvgIpc) is 2.44. The van der Waals surface area contributed by atoms with Crippen molar-refractivity contribution in [1.82, 2.24) is 0 Å². The highest BCUT2D eigenvalue weighted by Crippen LogP contribution is 2.35. The van der Waals surface area contributed by atoms with Gasteiger partial charge >= 0.3 is 0 Å². The molecule has 1 unspecified atom stereocenters. The van der Waals surface area contributed by atoms with Crippen LogP contribution in [0.3, 0.4) is 0 Å². The monoisotopic (exact) mass is 364 g/mol. The van der Waals surface area contributed by atoms with Crippen LogP contribution in [-0.4, -0.2) is 12.2 Å². The highest BCUT2D eigenvalue weighted by molar-refractivity contribution is 6.42. The Morgan fingerprint density at radius 3 is 2.29 bits per heavy atom. The number of rotatable bonds is 4. The summed E-state index contributed by atoms with van der Waals surface area (Å²) in [5.74, 6) is 0.465. The van der Waals surface area contributed by atoms with E-state index in [1.807, 2.05) is 0 Å². The maximum absolute atomic E-state index is 10.3. The van der Waals surface area contributed by atoms with E-state index in [0.29, 0.717) is 37.8 Å². The average molecular weight is 366 g/mol. The van der Waals surface area contributed by atoms with E-state index in [2.05, 4.69) is 0 Å². The SMILES string of the molecule is COc1cc(Cl)c(C(O)Cc2ccc(Cl)c(Cl)c2)cc1Cl. The Balaban J connectivity index is 2.25. The Bertz CT molecular complexity index is 658. The molecule has 1 N–H and O–H groups in total. The number of aliphatic hydroxyl groups excluding tert-OH is 1. The fourth-order valence-electron chi connectivity index (χ4n) is 1.96. The van der Waals surface area contributed by atoms with Gasteiger partial charge in [-0.1, -0.05) is 52.5 Å². The first kappa shape index (κ1) is 16.7. The van der Waals surface area contributed by atoms with Crippen LogP contribution >= 0.6 is 46.4 Å². The van der Waals surface area contributed by atoms with Crippen LogP contribution in [0.2, 0.25) is 20.1 Å². The molecule has 2 rings (SSSR count). The maximum atomic E-state index is 10.3. The van der Waals surface area contributed by atoms with Crippen molar-refractivity contribution in [3.8, 4) is 5.75 Å². The molecular weight excluding hydrogens is 354 g/mol. The van der Waals surface area contributed by atoms with Gasteiger partial charge in [-0.15, -0.1) is 0 Å². The van der Waals surface area contributed by atoms with E-state index in [9.17, 15) is 5.11 Å². The molecule has 2 aromatic carbocycles. The first-order valence-corrected chi connectivity index (χ1v) is 7.58. The van der Waals surface area contributed by atoms with Crippen molar-refractivity contribution >= 4 is 46.4 Å². The van der Waals surface area contributed by atoms with Crippen molar-refractivity contribution in [3.05, 3.63) is 61.5 Å². The zero-order chi connectivity index (χ0) is 15.6. The van der Waals surface area contributed by atoms with Crippen LogP contribution in [0, 0.1) is 0 Å². The normalized spacial score (nSPS) is 12.3. The van der Waals surface area contributed by atoms with Crippen LogP contribution in [0.5, 0.6) is 5.75 Å². The molecule has 1 atom stereocenters. The summed E-state index contributed by atoms with van der Waals surface area (Å²) >= 11 is 24.0. The summed E-state index contributed by atoms with van der Waals surface area (Å²) in [4.78, 5) is 0. The number of hydrogen-bond acceptors (Lipinski definition) is 2. The van der Waals surface area contributed by atoms with Crippen LogP contribution in [-0.2, 0) is 6.42 Å². The summed E-state index contributed by atoms with van der Waals surface area (Å²) in [5.41, 5.74) is 1.38. The number of methoxy groups -OCH3 is 1. The lowest BCUT2D eigenvalue weighted by molar-refractivity contribution is 0.178. The second-order valence-electron chi connectivity index (χ2n) is 4.48. The van der Waals surface area contributed by atoms with Crippen molar-refractivity contribution < 1.29 is 9.84 Å². The molecule has 21 heavy (non-hydrogen) atoms. The number of halogens is 4. The van der Waals surface area contributed by atoms with Crippen LogP contribution in [0.1, 0.15) is 17.2 Å². The van der Waals surface area contributed by atoms with Gasteiger partial charge in [0.2, 0.25) is 0 Å². The van der Waals surface area contributed by atoms with Gasteiger partial charge in [0.15, 0.2) is 0 Å². The zero-order valence-corrected chi connectivity index (χ0v) is 14.1. The number of aliphatic hydroxyl groups is 1. The van der Waals surface area contributed by atoms with Gasteiger partial charge in [0.25, 0.3) is 0 Å². The van der Waals surface area contributed by atoms with Crippen molar-refractivity contribution in [2.24, 2.45) is 0 Å². The molecule has 2 aromatic rings. The summed E-state index contributed by atoms with van der Waals surface area (Å²) in [6.07, 6.45) is -0.461. The minimum Gasteiger partial charge on any atom is -0.495 e. The lowest BCUT2D eigenvalue weighted by Crippen LogP contribution is -2.03. The fourth-order valence-corrected chi connectivity index (χ4v) is 2.81. The van der Waals surface area contributed by atoms with Gasteiger partial charge in [0.1, 0.15) is 5.75 Å². The Morgan fingerprint density at radius 1 is 0.952 bits per heavy atom. The second kappa shape index (κ2) is 7.08. The van der Waals surface area contributed by atoms with Crippen molar-refractivity contribution in [2.75, 3.05) is 7.11 Å². The van der Waals surface area contributed by atoms with Crippen molar-refractivity contribution in [2.45, 2.75) is 12.5 Å². The van der Waals surface area contributed by atoms with Gasteiger partial charge in [-0.3, -0.25) is 0 Å². The molecule has 0 saturated heterocycles. The summed E-state index contributed by atoms with van der Waals surface area (Å²) in [5, 5.41) is 12.0. The topological polar surface area (TPSA) is 29.5 Å². The van der Waals surface area contributed by atoms with E-state index in [1.165, 1.54) is 7.11 Å². The second-order valence-corrected chi connectivity index (χ2v) is 6.11. The Hall–Kier alpha value is -0.640. The zero-order valence-electron chi connectivity index (χ0n) is 11.0. The van der Waals surface area contributed by atoms with Gasteiger partial charge in [0, 0.05) is 18.1 Å². The Morgan fingerprint density at radius 2 is 1.67 bits per heavy atom. The van der Waals surface area contributed by atoms with Gasteiger partial charge in [0.05, 0.1) is 33.3 Å². The van der Waals surface area contributed by atoms with E-state index in [1.54, 1.807) is 30.3 Å². The molecule has 0 spiro atoms. The highest BCUT2D eigenvalue weighted by Gasteiger charge is 2.16. The summed E-state index contributed by atoms with van der Waals surface area (Å²) in [6, 6.07) is 8.39. The molecule has 0 aromatic heterocycles. The molecule has 0 heterocycles. The van der Waals surface area contributed by atoms with Crippen molar-refractivity contribution in [3.63, 3.8) is 0 Å². The minimum atomic E-state index is -0.807. The molecule has 6 heteroatoms. The predicted molar refractivity (Wildman–Crippen MR) is 88.1 cm³/mol. The molecule has 0 aliphatic rings. The van der Waals surface area contributed by atoms with E-state index in [-0.39, 0.29) is 0 Å². The molecule has 0 aliphatic carbocycles. The molecule has 0 amide bonds. The molecule has 0 aliphatic heterocycles. The summed E-state index contributed by atoms with van der Waals surface area (Å²) in [7, 11) is 1.50. The fraction of sp³-hybridized carbons (Fsp3) is 0.200. The smallest absolute Gasteiger partial charge is 0.138 e. The van der Waals surface area contributed by atoms with Gasteiger partial charge in [-0.25, -0.2) is 0 Å². The molecular formula is C15H12Cl4O2. The third kappa shape index (κ3) is 3.97. The Labute approximate surface area is 143 Å². The third-order valence-corrected chi connectivity index (χ3v) is 4.40. The van der Waals surface area contributed by atoms with Gasteiger partial charge < -0.3 is 9.84 Å². The van der Waals surface area contributed by atoms with Crippen LogP contribution in [0.25, 0.3) is 0 Å². The quantitative estimate of drug-likeness (QED) is 0.765. The standard InChI is InChI=1S/C15H12Cl4O2/c1-21-15-7-11(17)9(6-13(15)19)14(20)5-8-2-3-10(16)12(18)4-8/h2-4,6-7,14,20H,5H2,1H3. The predicted octanol–water partition coefficient (Wildman–Crippen LogP) is 5.58. The van der Waals surface area contributed by atoms with Crippen LogP contribution < -0.4 is 4.74 Å². The highest BCUT2D eigenvalue weighted by atomic mass is 35.5. The summed E-state index contributed by atoms with van der Waals surface area (Å²) in [6.45, 7) is 0. The van der Waals surface area contributed by atoms with Crippen LogP contribution in [0.4, 0.5) is 0 Å². The number of hydrogen-bond donors (Lipinski definition) is 1. The van der Waals surface area contributed by atoms with E-state index in [4.69, 9.17) is 51.1 Å². The van der Waals surface area contributed by atoms with Crippen molar-refractivity contribution in [1.29, 1.82) is 0 Å². The van der Waals surface area contributed by atoms with Gasteiger partial charge in [-0.05, 0) is 23.8 Å². The minimum absolute atomic E-state index is 0.346. The summed E-state index contributed by atoms with van der Waals surface area (Å²) < 4.78 is 5.08. The Kier molecular flexibility index (Phi) is 5.64. The molecule has 0 radical (unpaired) electrons. The van der Waals surface area contributed by atoms with Crippen LogP contribution in [0.15, 0.2) is 30.3 Å².